The normalized spacial score (nSPS) is 17.0. The van der Waals surface area contributed by atoms with Crippen molar-refractivity contribution in [1.29, 1.82) is 0 Å². The molecule has 2 aromatic rings. The van der Waals surface area contributed by atoms with Crippen LogP contribution in [0.1, 0.15) is 27.7 Å². The van der Waals surface area contributed by atoms with E-state index in [1.807, 2.05) is 0 Å². The van der Waals surface area contributed by atoms with Gasteiger partial charge in [-0.05, 0) is 0 Å². The van der Waals surface area contributed by atoms with Gasteiger partial charge in [0.25, 0.3) is 0 Å². The largest absolute Gasteiger partial charge is 0.400 e. The van der Waals surface area contributed by atoms with Crippen molar-refractivity contribution in [3.05, 3.63) is 63.1 Å². The van der Waals surface area contributed by atoms with Crippen LogP contribution in [0.5, 0.6) is 5.75 Å². The minimum absolute atomic E-state index is 0.509. The Labute approximate surface area is 173 Å². The van der Waals surface area contributed by atoms with E-state index in [9.17, 15) is 0 Å². The van der Waals surface area contributed by atoms with E-state index < -0.39 is 14.4 Å². The Morgan fingerprint density at radius 2 is 1.39 bits per heavy atom. The second kappa shape index (κ2) is 9.55. The standard InChI is InChI=1S/C10H8O.C9H13.2CH4O.2CH3.H2Si.Ti/c11-10-6-5-8-3-1-2-4-9(8)7-10;1-6-5-7(2)9(4)8(6)3;2*1-2;;;;/h1-7,11H;6H,1-4H3;2*2H,1H3;2*1H3;1H2;/q;;;;;;;+1/p-1. The number of aliphatic hydroxyl groups is 2. The molecular formula is C23H36O3SiTi. The van der Waals surface area contributed by atoms with Gasteiger partial charge >= 0.3 is 149 Å². The second-order valence-electron chi connectivity index (χ2n) is 8.22. The number of aliphatic hydroxyl groups excluding tert-OH is 2. The Morgan fingerprint density at radius 3 is 1.89 bits per heavy atom. The molecule has 1 atom stereocenters. The zero-order valence-corrected chi connectivity index (χ0v) is 21.6. The summed E-state index contributed by atoms with van der Waals surface area (Å²) in [7, 11) is 4.14. The Hall–Kier alpha value is -1.17. The summed E-state index contributed by atoms with van der Waals surface area (Å²) >= 11 is -3.22. The van der Waals surface area contributed by atoms with Crippen LogP contribution in [0.15, 0.2) is 63.1 Å². The molecule has 0 spiro atoms. The minimum atomic E-state index is -3.22. The topological polar surface area (TPSA) is 49.7 Å². The van der Waals surface area contributed by atoms with Crippen LogP contribution in [-0.2, 0) is 14.4 Å². The van der Waals surface area contributed by atoms with E-state index in [-0.39, 0.29) is 0 Å². The van der Waals surface area contributed by atoms with Gasteiger partial charge in [0.2, 0.25) is 0 Å². The zero-order chi connectivity index (χ0) is 21.7. The van der Waals surface area contributed by atoms with Crippen molar-refractivity contribution >= 4 is 18.4 Å². The molecule has 0 fully saturated rings. The quantitative estimate of drug-likeness (QED) is 0.670. The summed E-state index contributed by atoms with van der Waals surface area (Å²) in [5.74, 6) is 1.52. The molecule has 2 aromatic carbocycles. The van der Waals surface area contributed by atoms with Crippen LogP contribution >= 0.6 is 0 Å². The van der Waals surface area contributed by atoms with Crippen LogP contribution in [-0.4, -0.2) is 32.1 Å². The maximum absolute atomic E-state index is 7.00. The molecule has 0 heterocycles. The van der Waals surface area contributed by atoms with Crippen molar-refractivity contribution < 1.29 is 28.0 Å². The predicted octanol–water partition coefficient (Wildman–Crippen LogP) is 4.94. The molecule has 28 heavy (non-hydrogen) atoms. The van der Waals surface area contributed by atoms with E-state index in [2.05, 4.69) is 88.2 Å². The Morgan fingerprint density at radius 1 is 0.857 bits per heavy atom. The molecule has 0 amide bonds. The first-order valence-electron chi connectivity index (χ1n) is 9.63. The fraction of sp³-hybridized carbons (Fsp3) is 0.391. The summed E-state index contributed by atoms with van der Waals surface area (Å²) in [5, 5.41) is 21.3. The number of hydrogen-bond donors (Lipinski definition) is 2. The average molecular weight is 436 g/mol. The second-order valence-corrected chi connectivity index (χ2v) is 25.8. The zero-order valence-electron chi connectivity index (χ0n) is 18.6. The fourth-order valence-corrected chi connectivity index (χ4v) is 13.4. The molecule has 1 aliphatic carbocycles. The third-order valence-corrected chi connectivity index (χ3v) is 13.1. The monoisotopic (exact) mass is 436 g/mol. The van der Waals surface area contributed by atoms with Gasteiger partial charge < -0.3 is 10.2 Å². The molecule has 0 aromatic heterocycles. The van der Waals surface area contributed by atoms with Crippen LogP contribution in [0.4, 0.5) is 0 Å². The third kappa shape index (κ3) is 5.05. The van der Waals surface area contributed by atoms with Gasteiger partial charge in [-0.2, -0.15) is 0 Å². The van der Waals surface area contributed by atoms with Gasteiger partial charge in [0, 0.05) is 14.2 Å². The van der Waals surface area contributed by atoms with Crippen LogP contribution in [0.2, 0.25) is 10.5 Å². The fourth-order valence-electron chi connectivity index (χ4n) is 4.29. The van der Waals surface area contributed by atoms with E-state index in [4.69, 9.17) is 13.5 Å². The van der Waals surface area contributed by atoms with Crippen LogP contribution < -0.4 is 3.32 Å². The molecule has 3 nitrogen and oxygen atoms in total. The van der Waals surface area contributed by atoms with Crippen molar-refractivity contribution in [2.75, 3.05) is 14.2 Å². The Kier molecular flexibility index (Phi) is 8.48. The van der Waals surface area contributed by atoms with Crippen molar-refractivity contribution in [2.45, 2.75) is 38.2 Å². The van der Waals surface area contributed by atoms with Gasteiger partial charge in [-0.25, -0.2) is 0 Å². The number of benzene rings is 2. The predicted molar refractivity (Wildman–Crippen MR) is 121 cm³/mol. The SMILES string of the molecule is CC1=C(C)C(C)[C]([Ti]([CH3])([CH3])(=[SiH2])[O]c2ccc3ccccc3c2)=C1C.CO.CO. The smallest absolute Gasteiger partial charge is 0.0319 e. The van der Waals surface area contributed by atoms with Crippen molar-refractivity contribution in [3.63, 3.8) is 0 Å². The van der Waals surface area contributed by atoms with Crippen LogP contribution in [0, 0.1) is 5.92 Å². The molecule has 5 heteroatoms. The third-order valence-electron chi connectivity index (χ3n) is 5.65. The van der Waals surface area contributed by atoms with Crippen molar-refractivity contribution in [1.82, 2.24) is 0 Å². The summed E-state index contributed by atoms with van der Waals surface area (Å²) in [6.45, 7) is 9.16. The van der Waals surface area contributed by atoms with Gasteiger partial charge in [-0.3, -0.25) is 0 Å². The molecular weight excluding hydrogens is 400 g/mol. The molecule has 0 radical (unpaired) electrons. The maximum Gasteiger partial charge on any atom is 0.0319 e. The van der Waals surface area contributed by atoms with E-state index in [0.717, 1.165) is 20.0 Å². The molecule has 2 N–H and O–H groups in total. The van der Waals surface area contributed by atoms with Gasteiger partial charge in [0.05, 0.1) is 0 Å². The first-order valence-corrected chi connectivity index (χ1v) is 18.2. The minimum Gasteiger partial charge on any atom is -0.400 e. The number of hydrogen-bond acceptors (Lipinski definition) is 3. The van der Waals surface area contributed by atoms with Crippen molar-refractivity contribution in [3.8, 4) is 5.75 Å². The number of allylic oxidation sites excluding steroid dienone is 4. The first kappa shape index (κ1) is 24.9. The first-order chi connectivity index (χ1) is 13.1. The Bertz CT molecular complexity index is 967. The molecule has 154 valence electrons. The molecule has 1 unspecified atom stereocenters. The van der Waals surface area contributed by atoms with Gasteiger partial charge in [-0.15, -0.1) is 0 Å². The maximum atomic E-state index is 7.00. The summed E-state index contributed by atoms with van der Waals surface area (Å²) < 4.78 is 8.43. The Balaban J connectivity index is 0.000000921. The number of fused-ring (bicyclic) bond motifs is 1. The van der Waals surface area contributed by atoms with Crippen molar-refractivity contribution in [2.24, 2.45) is 5.92 Å². The summed E-state index contributed by atoms with van der Waals surface area (Å²) in [5.41, 5.74) is 4.44. The molecule has 0 saturated heterocycles. The van der Waals surface area contributed by atoms with E-state index in [1.54, 1.807) is 3.88 Å². The summed E-state index contributed by atoms with van der Waals surface area (Å²) in [6, 6.07) is 15.0. The van der Waals surface area contributed by atoms with E-state index in [0.29, 0.717) is 5.92 Å². The molecule has 0 bridgehead atoms. The van der Waals surface area contributed by atoms with E-state index >= 15 is 0 Å². The summed E-state index contributed by atoms with van der Waals surface area (Å²) in [4.78, 5) is 0. The van der Waals surface area contributed by atoms with Gasteiger partial charge in [0.15, 0.2) is 0 Å². The summed E-state index contributed by atoms with van der Waals surface area (Å²) in [6.07, 6.45) is 0. The van der Waals surface area contributed by atoms with E-state index in [1.165, 1.54) is 27.5 Å². The van der Waals surface area contributed by atoms with Gasteiger partial charge in [-0.1, -0.05) is 0 Å². The molecule has 0 aliphatic heterocycles. The molecule has 3 rings (SSSR count). The van der Waals surface area contributed by atoms with Gasteiger partial charge in [0.1, 0.15) is 0 Å². The molecule has 0 saturated carbocycles. The van der Waals surface area contributed by atoms with Crippen LogP contribution in [0.25, 0.3) is 10.8 Å². The average Bonchev–Trinajstić information content (AvgIpc) is 2.88. The van der Waals surface area contributed by atoms with Crippen LogP contribution in [0.3, 0.4) is 0 Å². The number of rotatable bonds is 3. The molecule has 1 aliphatic rings.